The summed E-state index contributed by atoms with van der Waals surface area (Å²) in [5, 5.41) is -0.600. The minimum absolute atomic E-state index is 0.296. The lowest BCUT2D eigenvalue weighted by atomic mass is 10.0. The van der Waals surface area contributed by atoms with Crippen molar-refractivity contribution in [2.75, 3.05) is 0 Å². The van der Waals surface area contributed by atoms with Crippen molar-refractivity contribution < 1.29 is 8.78 Å². The van der Waals surface area contributed by atoms with Crippen LogP contribution in [-0.2, 0) is 0 Å². The van der Waals surface area contributed by atoms with Crippen molar-refractivity contribution in [2.45, 2.75) is 6.92 Å². The van der Waals surface area contributed by atoms with Crippen molar-refractivity contribution in [3.05, 3.63) is 77.7 Å². The number of halogens is 2. The van der Waals surface area contributed by atoms with E-state index < -0.39 is 11.0 Å². The van der Waals surface area contributed by atoms with Crippen LogP contribution in [0.4, 0.5) is 8.78 Å². The molecule has 0 aromatic heterocycles. The molecule has 2 aromatic rings. The summed E-state index contributed by atoms with van der Waals surface area (Å²) in [5.74, 6) is -0.415. The molecule has 2 rings (SSSR count). The highest BCUT2D eigenvalue weighted by Gasteiger charge is 2.10. The summed E-state index contributed by atoms with van der Waals surface area (Å²) < 4.78 is 26.8. The SMILES string of the molecule is C=C(F)SC(=C)c1ccc(-c2ccc(C)cc2)cc1F. The summed E-state index contributed by atoms with van der Waals surface area (Å²) >= 11 is 0.730. The Hall–Kier alpha value is -1.87. The van der Waals surface area contributed by atoms with Gasteiger partial charge in [0.2, 0.25) is 0 Å². The van der Waals surface area contributed by atoms with Crippen LogP contribution in [0.5, 0.6) is 0 Å². The third-order valence-electron chi connectivity index (χ3n) is 2.89. The van der Waals surface area contributed by atoms with E-state index in [1.54, 1.807) is 12.1 Å². The van der Waals surface area contributed by atoms with Crippen LogP contribution in [0.15, 0.2) is 60.8 Å². The van der Waals surface area contributed by atoms with Crippen molar-refractivity contribution in [2.24, 2.45) is 0 Å². The Bertz CT molecular complexity index is 657. The first-order chi connectivity index (χ1) is 9.47. The zero-order valence-corrected chi connectivity index (χ0v) is 11.9. The molecule has 3 heteroatoms. The average molecular weight is 288 g/mol. The standard InChI is InChI=1S/C17H14F2S/c1-11-4-6-14(7-5-11)15-8-9-16(17(19)10-15)12(2)20-13(3)18/h4-10H,2-3H2,1H3. The van der Waals surface area contributed by atoms with Crippen LogP contribution in [0.25, 0.3) is 16.0 Å². The second-order valence-electron chi connectivity index (χ2n) is 4.44. The first-order valence-electron chi connectivity index (χ1n) is 6.05. The van der Waals surface area contributed by atoms with Crippen LogP contribution < -0.4 is 0 Å². The minimum Gasteiger partial charge on any atom is -0.206 e. The van der Waals surface area contributed by atoms with Crippen LogP contribution in [0, 0.1) is 12.7 Å². The van der Waals surface area contributed by atoms with E-state index in [4.69, 9.17) is 0 Å². The molecule has 0 saturated carbocycles. The number of thioether (sulfide) groups is 1. The summed E-state index contributed by atoms with van der Waals surface area (Å²) in [7, 11) is 0. The Balaban J connectivity index is 2.32. The van der Waals surface area contributed by atoms with E-state index in [0.717, 1.165) is 28.5 Å². The molecule has 0 aliphatic carbocycles. The zero-order chi connectivity index (χ0) is 14.7. The fourth-order valence-corrected chi connectivity index (χ4v) is 2.40. The fourth-order valence-electron chi connectivity index (χ4n) is 1.86. The number of hydrogen-bond acceptors (Lipinski definition) is 1. The second kappa shape index (κ2) is 6.06. The Morgan fingerprint density at radius 3 is 2.15 bits per heavy atom. The smallest absolute Gasteiger partial charge is 0.154 e. The van der Waals surface area contributed by atoms with Crippen molar-refractivity contribution in [3.63, 3.8) is 0 Å². The van der Waals surface area contributed by atoms with Gasteiger partial charge in [-0.2, -0.15) is 4.39 Å². The molecule has 0 unspecified atom stereocenters. The number of rotatable bonds is 4. The van der Waals surface area contributed by atoms with Gasteiger partial charge in [0.15, 0.2) is 5.16 Å². The summed E-state index contributed by atoms with van der Waals surface area (Å²) in [6.45, 7) is 8.80. The van der Waals surface area contributed by atoms with Gasteiger partial charge >= 0.3 is 0 Å². The second-order valence-corrected chi connectivity index (χ2v) is 5.58. The lowest BCUT2D eigenvalue weighted by molar-refractivity contribution is 0.625. The molecule has 0 fully saturated rings. The predicted octanol–water partition coefficient (Wildman–Crippen LogP) is 5.95. The molecule has 0 spiro atoms. The quantitative estimate of drug-likeness (QED) is 0.670. The van der Waals surface area contributed by atoms with Crippen molar-refractivity contribution in [1.29, 1.82) is 0 Å². The third kappa shape index (κ3) is 3.36. The largest absolute Gasteiger partial charge is 0.206 e. The summed E-state index contributed by atoms with van der Waals surface area (Å²) in [5.41, 5.74) is 3.17. The van der Waals surface area contributed by atoms with Gasteiger partial charge in [-0.25, -0.2) is 4.39 Å². The van der Waals surface area contributed by atoms with Gasteiger partial charge < -0.3 is 0 Å². The number of aryl methyl sites for hydroxylation is 1. The molecule has 0 radical (unpaired) electrons. The van der Waals surface area contributed by atoms with Crippen LogP contribution in [-0.4, -0.2) is 0 Å². The van der Waals surface area contributed by atoms with E-state index in [1.807, 2.05) is 31.2 Å². The van der Waals surface area contributed by atoms with Crippen LogP contribution in [0.3, 0.4) is 0 Å². The maximum atomic E-state index is 14.1. The van der Waals surface area contributed by atoms with Gasteiger partial charge in [0, 0.05) is 10.5 Å². The maximum absolute atomic E-state index is 14.1. The van der Waals surface area contributed by atoms with Crippen molar-refractivity contribution in [3.8, 4) is 11.1 Å². The van der Waals surface area contributed by atoms with E-state index in [9.17, 15) is 8.78 Å². The Kier molecular flexibility index (Phi) is 4.40. The van der Waals surface area contributed by atoms with E-state index in [0.29, 0.717) is 10.5 Å². The summed E-state index contributed by atoms with van der Waals surface area (Å²) in [4.78, 5) is 0.311. The fraction of sp³-hybridized carbons (Fsp3) is 0.0588. The monoisotopic (exact) mass is 288 g/mol. The van der Waals surface area contributed by atoms with E-state index in [1.165, 1.54) is 6.07 Å². The molecule has 0 amide bonds. The van der Waals surface area contributed by atoms with Gasteiger partial charge in [-0.05, 0) is 24.1 Å². The van der Waals surface area contributed by atoms with Gasteiger partial charge in [-0.1, -0.05) is 66.9 Å². The van der Waals surface area contributed by atoms with E-state index in [-0.39, 0.29) is 0 Å². The minimum atomic E-state index is -0.600. The molecule has 0 heterocycles. The highest BCUT2D eigenvalue weighted by atomic mass is 32.2. The molecule has 0 nitrogen and oxygen atoms in total. The van der Waals surface area contributed by atoms with Crippen molar-refractivity contribution >= 4 is 16.7 Å². The molecule has 0 saturated heterocycles. The van der Waals surface area contributed by atoms with Gasteiger partial charge in [0.25, 0.3) is 0 Å². The number of hydrogen-bond donors (Lipinski definition) is 0. The Morgan fingerprint density at radius 2 is 1.60 bits per heavy atom. The van der Waals surface area contributed by atoms with Gasteiger partial charge in [-0.3, -0.25) is 0 Å². The molecule has 2 aromatic carbocycles. The van der Waals surface area contributed by atoms with E-state index >= 15 is 0 Å². The van der Waals surface area contributed by atoms with Crippen molar-refractivity contribution in [1.82, 2.24) is 0 Å². The van der Waals surface area contributed by atoms with Gasteiger partial charge in [0.05, 0.1) is 0 Å². The van der Waals surface area contributed by atoms with Crippen LogP contribution in [0.2, 0.25) is 0 Å². The summed E-state index contributed by atoms with van der Waals surface area (Å²) in [6.07, 6.45) is 0. The number of benzene rings is 2. The molecular formula is C17H14F2S. The third-order valence-corrected chi connectivity index (χ3v) is 3.58. The Labute approximate surface area is 121 Å². The first-order valence-corrected chi connectivity index (χ1v) is 6.87. The lowest BCUT2D eigenvalue weighted by Crippen LogP contribution is -1.88. The van der Waals surface area contributed by atoms with Gasteiger partial charge in [-0.15, -0.1) is 0 Å². The van der Waals surface area contributed by atoms with Crippen LogP contribution >= 0.6 is 11.8 Å². The molecule has 0 atom stereocenters. The maximum Gasteiger partial charge on any atom is 0.154 e. The molecule has 0 aliphatic rings. The molecule has 20 heavy (non-hydrogen) atoms. The Morgan fingerprint density at radius 1 is 1.00 bits per heavy atom. The average Bonchev–Trinajstić information content (AvgIpc) is 2.38. The normalized spacial score (nSPS) is 10.3. The van der Waals surface area contributed by atoms with E-state index in [2.05, 4.69) is 13.2 Å². The molecule has 102 valence electrons. The topological polar surface area (TPSA) is 0 Å². The molecule has 0 bridgehead atoms. The molecular weight excluding hydrogens is 274 g/mol. The summed E-state index contributed by atoms with van der Waals surface area (Å²) in [6, 6.07) is 12.7. The molecule has 0 N–H and O–H groups in total. The highest BCUT2D eigenvalue weighted by molar-refractivity contribution is 8.11. The van der Waals surface area contributed by atoms with Crippen LogP contribution in [0.1, 0.15) is 11.1 Å². The lowest BCUT2D eigenvalue weighted by Gasteiger charge is -2.08. The zero-order valence-electron chi connectivity index (χ0n) is 11.1. The van der Waals surface area contributed by atoms with Gasteiger partial charge in [0.1, 0.15) is 5.82 Å². The predicted molar refractivity (Wildman–Crippen MR) is 83.4 cm³/mol. The highest BCUT2D eigenvalue weighted by Crippen LogP contribution is 2.34. The first kappa shape index (κ1) is 14.5. The molecule has 0 aliphatic heterocycles.